The van der Waals surface area contributed by atoms with E-state index in [9.17, 15) is 5.26 Å². The summed E-state index contributed by atoms with van der Waals surface area (Å²) in [4.78, 5) is 9.24. The molecule has 28 heavy (non-hydrogen) atoms. The van der Waals surface area contributed by atoms with Crippen LogP contribution in [0.15, 0.2) is 70.7 Å². The van der Waals surface area contributed by atoms with Crippen molar-refractivity contribution in [3.05, 3.63) is 81.4 Å². The molecular weight excluding hydrogens is 432 g/mol. The van der Waals surface area contributed by atoms with E-state index in [1.165, 1.54) is 11.3 Å². The number of rotatable bonds is 4. The van der Waals surface area contributed by atoms with Gasteiger partial charge in [0.2, 0.25) is 0 Å². The van der Waals surface area contributed by atoms with Gasteiger partial charge in [0.1, 0.15) is 16.6 Å². The van der Waals surface area contributed by atoms with Crippen molar-refractivity contribution in [2.75, 3.05) is 5.32 Å². The molecule has 0 saturated carbocycles. The fourth-order valence-corrected chi connectivity index (χ4v) is 3.86. The quantitative estimate of drug-likeness (QED) is 0.368. The van der Waals surface area contributed by atoms with Crippen LogP contribution in [0.4, 0.5) is 5.69 Å². The van der Waals surface area contributed by atoms with Gasteiger partial charge in [0.25, 0.3) is 0 Å². The first-order valence-corrected chi connectivity index (χ1v) is 10.3. The van der Waals surface area contributed by atoms with Crippen molar-refractivity contribution < 1.29 is 0 Å². The van der Waals surface area contributed by atoms with Crippen LogP contribution in [-0.2, 0) is 0 Å². The maximum atomic E-state index is 9.62. The highest BCUT2D eigenvalue weighted by Crippen LogP contribution is 2.28. The number of aromatic nitrogens is 2. The van der Waals surface area contributed by atoms with Gasteiger partial charge in [-0.15, -0.1) is 11.3 Å². The number of nitriles is 1. The molecule has 0 fully saturated rings. The number of benzene rings is 2. The van der Waals surface area contributed by atoms with Crippen LogP contribution < -0.4 is 5.32 Å². The van der Waals surface area contributed by atoms with Gasteiger partial charge in [-0.25, -0.2) is 4.98 Å². The largest absolute Gasteiger partial charge is 0.359 e. The first-order chi connectivity index (χ1) is 13.6. The van der Waals surface area contributed by atoms with Gasteiger partial charge in [0.05, 0.1) is 16.9 Å². The van der Waals surface area contributed by atoms with Crippen molar-refractivity contribution in [3.63, 3.8) is 0 Å². The molecule has 4 aromatic rings. The fraction of sp³-hybridized carbons (Fsp3) is 0.0455. The third-order valence-corrected chi connectivity index (χ3v) is 5.63. The Morgan fingerprint density at radius 2 is 1.93 bits per heavy atom. The monoisotopic (exact) mass is 446 g/mol. The van der Waals surface area contributed by atoms with E-state index in [0.717, 1.165) is 38.0 Å². The van der Waals surface area contributed by atoms with E-state index in [0.29, 0.717) is 10.6 Å². The average molecular weight is 447 g/mol. The lowest BCUT2D eigenvalue weighted by Crippen LogP contribution is -1.94. The van der Waals surface area contributed by atoms with Crippen molar-refractivity contribution >= 4 is 49.4 Å². The number of anilines is 1. The fourth-order valence-electron chi connectivity index (χ4n) is 2.80. The van der Waals surface area contributed by atoms with Gasteiger partial charge >= 0.3 is 0 Å². The second-order valence-corrected chi connectivity index (χ2v) is 7.96. The molecule has 0 spiro atoms. The molecule has 0 amide bonds. The second kappa shape index (κ2) is 7.93. The van der Waals surface area contributed by atoms with Crippen molar-refractivity contribution in [3.8, 4) is 17.3 Å². The molecule has 4 nitrogen and oxygen atoms in total. The Balaban J connectivity index is 1.63. The van der Waals surface area contributed by atoms with Crippen molar-refractivity contribution in [1.82, 2.24) is 9.97 Å². The van der Waals surface area contributed by atoms with Gasteiger partial charge in [-0.05, 0) is 31.2 Å². The average Bonchev–Trinajstić information content (AvgIpc) is 3.19. The van der Waals surface area contributed by atoms with E-state index in [2.05, 4.69) is 37.3 Å². The third kappa shape index (κ3) is 3.81. The molecule has 0 aliphatic heterocycles. The van der Waals surface area contributed by atoms with Crippen LogP contribution >= 0.6 is 27.3 Å². The zero-order chi connectivity index (χ0) is 19.5. The molecule has 2 heterocycles. The summed E-state index contributed by atoms with van der Waals surface area (Å²) in [5.74, 6) is 0. The normalized spacial score (nSPS) is 11.4. The van der Waals surface area contributed by atoms with Crippen LogP contribution in [0.5, 0.6) is 0 Å². The molecule has 0 aliphatic rings. The summed E-state index contributed by atoms with van der Waals surface area (Å²) >= 11 is 4.89. The van der Waals surface area contributed by atoms with Gasteiger partial charge in [0, 0.05) is 32.7 Å². The summed E-state index contributed by atoms with van der Waals surface area (Å²) < 4.78 is 1.02. The highest BCUT2D eigenvalue weighted by Gasteiger charge is 2.10. The number of fused-ring (bicyclic) bond motifs is 1. The van der Waals surface area contributed by atoms with Crippen molar-refractivity contribution in [2.45, 2.75) is 6.92 Å². The number of halogens is 1. The zero-order valence-electron chi connectivity index (χ0n) is 15.0. The molecule has 0 radical (unpaired) electrons. The number of pyridine rings is 1. The molecular formula is C22H15BrN4S. The summed E-state index contributed by atoms with van der Waals surface area (Å²) in [5, 5.41) is 16.5. The number of thiazole rings is 1. The SMILES string of the molecule is Cc1ccc2cccc(N/C=C(\C#N)c3nc(-c4ccc(Br)cc4)cs3)c2n1. The molecule has 2 aromatic carbocycles. The Labute approximate surface area is 175 Å². The van der Waals surface area contributed by atoms with E-state index in [4.69, 9.17) is 0 Å². The zero-order valence-corrected chi connectivity index (χ0v) is 17.4. The summed E-state index contributed by atoms with van der Waals surface area (Å²) in [6.45, 7) is 1.96. The predicted octanol–water partition coefficient (Wildman–Crippen LogP) is 6.41. The lowest BCUT2D eigenvalue weighted by atomic mass is 10.1. The molecule has 1 N–H and O–H groups in total. The Bertz CT molecular complexity index is 1220. The maximum Gasteiger partial charge on any atom is 0.136 e. The van der Waals surface area contributed by atoms with Crippen molar-refractivity contribution in [1.29, 1.82) is 5.26 Å². The minimum absolute atomic E-state index is 0.484. The Kier molecular flexibility index (Phi) is 5.20. The van der Waals surface area contributed by atoms with Gasteiger partial charge in [0.15, 0.2) is 0 Å². The van der Waals surface area contributed by atoms with Crippen LogP contribution in [0.3, 0.4) is 0 Å². The standard InChI is InChI=1S/C22H15BrN4S/c1-14-5-6-16-3-2-4-19(21(16)26-14)25-12-17(11-24)22-27-20(13-28-22)15-7-9-18(23)10-8-15/h2-10,12-13,25H,1H3/b17-12+. The first kappa shape index (κ1) is 18.4. The lowest BCUT2D eigenvalue weighted by molar-refractivity contribution is 1.25. The molecule has 0 atom stereocenters. The maximum absolute atomic E-state index is 9.62. The van der Waals surface area contributed by atoms with Crippen LogP contribution in [0, 0.1) is 18.3 Å². The minimum atomic E-state index is 0.484. The van der Waals surface area contributed by atoms with E-state index in [-0.39, 0.29) is 0 Å². The summed E-state index contributed by atoms with van der Waals surface area (Å²) in [6, 6.07) is 20.2. The topological polar surface area (TPSA) is 61.6 Å². The molecule has 0 saturated heterocycles. The number of nitrogens with one attached hydrogen (secondary N) is 1. The molecule has 136 valence electrons. The summed E-state index contributed by atoms with van der Waals surface area (Å²) in [6.07, 6.45) is 1.70. The second-order valence-electron chi connectivity index (χ2n) is 6.19. The Hall–Kier alpha value is -3.01. The van der Waals surface area contributed by atoms with Crippen LogP contribution in [0.2, 0.25) is 0 Å². The summed E-state index contributed by atoms with van der Waals surface area (Å²) in [7, 11) is 0. The highest BCUT2D eigenvalue weighted by atomic mass is 79.9. The van der Waals surface area contributed by atoms with E-state index in [1.807, 2.05) is 66.9 Å². The number of aryl methyl sites for hydroxylation is 1. The Morgan fingerprint density at radius 3 is 2.71 bits per heavy atom. The smallest absolute Gasteiger partial charge is 0.136 e. The molecule has 0 aliphatic carbocycles. The number of hydrogen-bond donors (Lipinski definition) is 1. The van der Waals surface area contributed by atoms with Gasteiger partial charge in [-0.3, -0.25) is 4.98 Å². The molecule has 4 rings (SSSR count). The van der Waals surface area contributed by atoms with Gasteiger partial charge in [-0.2, -0.15) is 5.26 Å². The van der Waals surface area contributed by atoms with Crippen LogP contribution in [-0.4, -0.2) is 9.97 Å². The summed E-state index contributed by atoms with van der Waals surface area (Å²) in [5.41, 5.74) is 5.05. The van der Waals surface area contributed by atoms with E-state index < -0.39 is 0 Å². The predicted molar refractivity (Wildman–Crippen MR) is 119 cm³/mol. The van der Waals surface area contributed by atoms with Gasteiger partial charge in [-0.1, -0.05) is 46.3 Å². The van der Waals surface area contributed by atoms with Crippen LogP contribution in [0.25, 0.3) is 27.7 Å². The van der Waals surface area contributed by atoms with Crippen LogP contribution in [0.1, 0.15) is 10.7 Å². The van der Waals surface area contributed by atoms with E-state index >= 15 is 0 Å². The number of para-hydroxylation sites is 1. The lowest BCUT2D eigenvalue weighted by Gasteiger charge is -2.06. The minimum Gasteiger partial charge on any atom is -0.359 e. The Morgan fingerprint density at radius 1 is 1.11 bits per heavy atom. The first-order valence-electron chi connectivity index (χ1n) is 8.59. The molecule has 6 heteroatoms. The number of hydrogen-bond acceptors (Lipinski definition) is 5. The highest BCUT2D eigenvalue weighted by molar-refractivity contribution is 9.10. The van der Waals surface area contributed by atoms with E-state index in [1.54, 1.807) is 6.20 Å². The third-order valence-electron chi connectivity index (χ3n) is 4.23. The molecule has 2 aromatic heterocycles. The molecule has 0 bridgehead atoms. The van der Waals surface area contributed by atoms with Gasteiger partial charge < -0.3 is 5.32 Å². The van der Waals surface area contributed by atoms with Crippen molar-refractivity contribution in [2.24, 2.45) is 0 Å². The molecule has 0 unspecified atom stereocenters. The number of nitrogens with zero attached hydrogens (tertiary/aromatic N) is 3. The number of allylic oxidation sites excluding steroid dienone is 1.